The molecule has 0 amide bonds. The summed E-state index contributed by atoms with van der Waals surface area (Å²) in [6.45, 7) is 0. The molecule has 1 aromatic rings. The molecular formula is C7H4BrFN2O. The number of nitriles is 1. The van der Waals surface area contributed by atoms with Gasteiger partial charge in [-0.25, -0.2) is 4.39 Å². The minimum absolute atomic E-state index is 0.0686. The lowest BCUT2D eigenvalue weighted by Gasteiger charge is -2.02. The molecule has 12 heavy (non-hydrogen) atoms. The summed E-state index contributed by atoms with van der Waals surface area (Å²) in [5, 5.41) is 16.9. The van der Waals surface area contributed by atoms with Crippen molar-refractivity contribution in [3.05, 3.63) is 28.0 Å². The van der Waals surface area contributed by atoms with Crippen LogP contribution < -0.4 is 5.48 Å². The Labute approximate surface area is 76.5 Å². The van der Waals surface area contributed by atoms with Gasteiger partial charge in [0.25, 0.3) is 0 Å². The summed E-state index contributed by atoms with van der Waals surface area (Å²) in [4.78, 5) is 0. The van der Waals surface area contributed by atoms with E-state index in [1.807, 2.05) is 0 Å². The molecule has 0 heterocycles. The first-order valence-electron chi connectivity index (χ1n) is 2.98. The van der Waals surface area contributed by atoms with Crippen LogP contribution in [0.25, 0.3) is 0 Å². The molecule has 1 aromatic carbocycles. The molecule has 5 heteroatoms. The number of hydrogen-bond acceptors (Lipinski definition) is 3. The van der Waals surface area contributed by atoms with Crippen molar-refractivity contribution >= 4 is 21.6 Å². The van der Waals surface area contributed by atoms with Gasteiger partial charge < -0.3 is 0 Å². The third-order valence-electron chi connectivity index (χ3n) is 1.30. The molecule has 1 rings (SSSR count). The van der Waals surface area contributed by atoms with Crippen molar-refractivity contribution < 1.29 is 9.60 Å². The van der Waals surface area contributed by atoms with Crippen molar-refractivity contribution in [1.82, 2.24) is 0 Å². The number of benzene rings is 1. The van der Waals surface area contributed by atoms with Gasteiger partial charge in [-0.15, -0.1) is 0 Å². The molecule has 0 radical (unpaired) electrons. The SMILES string of the molecule is N#Cc1cc(F)c(NO)cc1Br. The standard InChI is InChI=1S/C7H4BrFN2O/c8-5-2-7(11-12)6(9)1-4(5)3-10/h1-2,11-12H. The number of hydrogen-bond donors (Lipinski definition) is 2. The van der Waals surface area contributed by atoms with Crippen LogP contribution in [0.15, 0.2) is 16.6 Å². The van der Waals surface area contributed by atoms with Crippen LogP contribution in [0.3, 0.4) is 0 Å². The maximum atomic E-state index is 12.8. The molecule has 0 saturated carbocycles. The van der Waals surface area contributed by atoms with Crippen molar-refractivity contribution in [2.75, 3.05) is 5.48 Å². The molecule has 0 bridgehead atoms. The highest BCUT2D eigenvalue weighted by molar-refractivity contribution is 9.10. The van der Waals surface area contributed by atoms with E-state index in [2.05, 4.69) is 15.9 Å². The van der Waals surface area contributed by atoms with Crippen LogP contribution >= 0.6 is 15.9 Å². The van der Waals surface area contributed by atoms with E-state index < -0.39 is 5.82 Å². The minimum atomic E-state index is -0.669. The Morgan fingerprint density at radius 1 is 1.58 bits per heavy atom. The fourth-order valence-corrected chi connectivity index (χ4v) is 1.15. The first-order valence-corrected chi connectivity index (χ1v) is 3.77. The van der Waals surface area contributed by atoms with Crippen LogP contribution in [-0.2, 0) is 0 Å². The Balaban J connectivity index is 3.28. The highest BCUT2D eigenvalue weighted by Crippen LogP contribution is 2.23. The van der Waals surface area contributed by atoms with E-state index in [0.29, 0.717) is 4.47 Å². The van der Waals surface area contributed by atoms with E-state index in [4.69, 9.17) is 10.5 Å². The summed E-state index contributed by atoms with van der Waals surface area (Å²) in [5.41, 5.74) is 1.79. The summed E-state index contributed by atoms with van der Waals surface area (Å²) in [6.07, 6.45) is 0. The van der Waals surface area contributed by atoms with E-state index in [-0.39, 0.29) is 11.3 Å². The van der Waals surface area contributed by atoms with Crippen LogP contribution in [0, 0.1) is 17.1 Å². The zero-order chi connectivity index (χ0) is 9.14. The van der Waals surface area contributed by atoms with Crippen LogP contribution in [0.4, 0.5) is 10.1 Å². The van der Waals surface area contributed by atoms with Crippen molar-refractivity contribution in [1.29, 1.82) is 5.26 Å². The predicted molar refractivity (Wildman–Crippen MR) is 44.2 cm³/mol. The molecule has 0 aliphatic heterocycles. The van der Waals surface area contributed by atoms with Crippen molar-refractivity contribution in [2.45, 2.75) is 0 Å². The zero-order valence-corrected chi connectivity index (χ0v) is 7.39. The molecule has 3 nitrogen and oxygen atoms in total. The van der Waals surface area contributed by atoms with Crippen molar-refractivity contribution in [3.8, 4) is 6.07 Å². The fourth-order valence-electron chi connectivity index (χ4n) is 0.718. The molecule has 62 valence electrons. The molecule has 0 atom stereocenters. The number of nitrogens with one attached hydrogen (secondary N) is 1. The average Bonchev–Trinajstić information content (AvgIpc) is 2.08. The Morgan fingerprint density at radius 3 is 2.75 bits per heavy atom. The van der Waals surface area contributed by atoms with E-state index in [1.165, 1.54) is 6.07 Å². The van der Waals surface area contributed by atoms with Crippen LogP contribution in [0.2, 0.25) is 0 Å². The van der Waals surface area contributed by atoms with Crippen LogP contribution in [0.5, 0.6) is 0 Å². The van der Waals surface area contributed by atoms with Crippen molar-refractivity contribution in [2.24, 2.45) is 0 Å². The van der Waals surface area contributed by atoms with E-state index in [9.17, 15) is 4.39 Å². The Bertz CT molecular complexity index is 347. The normalized spacial score (nSPS) is 9.17. The number of rotatable bonds is 1. The maximum Gasteiger partial charge on any atom is 0.149 e. The second-order valence-electron chi connectivity index (χ2n) is 2.04. The lowest BCUT2D eigenvalue weighted by molar-refractivity contribution is 0.384. The van der Waals surface area contributed by atoms with Gasteiger partial charge in [0.2, 0.25) is 0 Å². The number of halogens is 2. The molecule has 0 spiro atoms. The molecule has 0 saturated heterocycles. The maximum absolute atomic E-state index is 12.8. The number of nitrogens with zero attached hydrogens (tertiary/aromatic N) is 1. The van der Waals surface area contributed by atoms with Gasteiger partial charge in [0, 0.05) is 4.47 Å². The smallest absolute Gasteiger partial charge is 0.149 e. The van der Waals surface area contributed by atoms with Gasteiger partial charge in [0.1, 0.15) is 11.9 Å². The van der Waals surface area contributed by atoms with Gasteiger partial charge >= 0.3 is 0 Å². The average molecular weight is 231 g/mol. The minimum Gasteiger partial charge on any atom is -0.291 e. The lowest BCUT2D eigenvalue weighted by atomic mass is 10.2. The summed E-state index contributed by atoms with van der Waals surface area (Å²) >= 11 is 3.04. The summed E-state index contributed by atoms with van der Waals surface area (Å²) in [6, 6.07) is 4.11. The van der Waals surface area contributed by atoms with E-state index in [1.54, 1.807) is 11.5 Å². The Kier molecular flexibility index (Phi) is 2.63. The van der Waals surface area contributed by atoms with Gasteiger partial charge in [-0.05, 0) is 28.1 Å². The first-order chi connectivity index (χ1) is 5.69. The highest BCUT2D eigenvalue weighted by Gasteiger charge is 2.06. The third-order valence-corrected chi connectivity index (χ3v) is 1.95. The molecule has 2 N–H and O–H groups in total. The predicted octanol–water partition coefficient (Wildman–Crippen LogP) is 2.26. The summed E-state index contributed by atoms with van der Waals surface area (Å²) in [7, 11) is 0. The summed E-state index contributed by atoms with van der Waals surface area (Å²) in [5.74, 6) is -0.669. The zero-order valence-electron chi connectivity index (χ0n) is 5.81. The number of anilines is 1. The summed E-state index contributed by atoms with van der Waals surface area (Å²) < 4.78 is 13.3. The van der Waals surface area contributed by atoms with E-state index in [0.717, 1.165) is 6.07 Å². The fraction of sp³-hybridized carbons (Fsp3) is 0. The van der Waals surface area contributed by atoms with Crippen LogP contribution in [-0.4, -0.2) is 5.21 Å². The quantitative estimate of drug-likeness (QED) is 0.728. The Hall–Kier alpha value is -1.12. The highest BCUT2D eigenvalue weighted by atomic mass is 79.9. The largest absolute Gasteiger partial charge is 0.291 e. The van der Waals surface area contributed by atoms with Crippen molar-refractivity contribution in [3.63, 3.8) is 0 Å². The lowest BCUT2D eigenvalue weighted by Crippen LogP contribution is -1.94. The molecule has 0 aliphatic carbocycles. The first kappa shape index (κ1) is 8.97. The van der Waals surface area contributed by atoms with Crippen LogP contribution in [0.1, 0.15) is 5.56 Å². The molecular weight excluding hydrogens is 227 g/mol. The second kappa shape index (κ2) is 3.52. The van der Waals surface area contributed by atoms with Gasteiger partial charge in [-0.3, -0.25) is 10.7 Å². The molecule has 0 unspecified atom stereocenters. The van der Waals surface area contributed by atoms with Gasteiger partial charge in [-0.1, -0.05) is 0 Å². The van der Waals surface area contributed by atoms with Gasteiger partial charge in [0.05, 0.1) is 11.3 Å². The molecule has 0 fully saturated rings. The van der Waals surface area contributed by atoms with Gasteiger partial charge in [0.15, 0.2) is 0 Å². The molecule has 0 aliphatic rings. The third kappa shape index (κ3) is 1.55. The monoisotopic (exact) mass is 230 g/mol. The second-order valence-corrected chi connectivity index (χ2v) is 2.89. The van der Waals surface area contributed by atoms with E-state index >= 15 is 0 Å². The molecule has 0 aromatic heterocycles. The van der Waals surface area contributed by atoms with Gasteiger partial charge in [-0.2, -0.15) is 5.26 Å². The Morgan fingerprint density at radius 2 is 2.25 bits per heavy atom. The topological polar surface area (TPSA) is 56.0 Å².